The van der Waals surface area contributed by atoms with Crippen molar-refractivity contribution in [3.05, 3.63) is 35.4 Å². The predicted octanol–water partition coefficient (Wildman–Crippen LogP) is 2.60. The normalized spacial score (nSPS) is 16.6. The molecule has 1 saturated heterocycles. The molecular weight excluding hydrogens is 333 g/mol. The van der Waals surface area contributed by atoms with Gasteiger partial charge in [-0.25, -0.2) is 0 Å². The molecule has 0 saturated carbocycles. The van der Waals surface area contributed by atoms with Gasteiger partial charge in [0.25, 0.3) is 0 Å². The molecule has 0 aromatic heterocycles. The van der Waals surface area contributed by atoms with E-state index in [9.17, 15) is 4.79 Å². The Morgan fingerprint density at radius 3 is 2.30 bits per heavy atom. The van der Waals surface area contributed by atoms with E-state index in [-0.39, 0.29) is 36.6 Å². The van der Waals surface area contributed by atoms with Gasteiger partial charge in [-0.1, -0.05) is 38.1 Å². The Balaban J connectivity index is 0.00000242. The van der Waals surface area contributed by atoms with Crippen molar-refractivity contribution < 1.29 is 4.79 Å². The average molecular weight is 362 g/mol. The number of hydrogen-bond acceptors (Lipinski definition) is 3. The van der Waals surface area contributed by atoms with Gasteiger partial charge in [0.1, 0.15) is 0 Å². The van der Waals surface area contributed by atoms with Crippen LogP contribution in [0.1, 0.15) is 31.4 Å². The summed E-state index contributed by atoms with van der Waals surface area (Å²) >= 11 is 0. The second kappa shape index (κ2) is 11.7. The number of halogens is 2. The lowest BCUT2D eigenvalue weighted by atomic mass is 10.1. The highest BCUT2D eigenvalue weighted by Gasteiger charge is 2.21. The SMILES string of the molecule is CCN(CC)Cc1ccc(CNC(=O)C2CCNC2)cc1.Cl.Cl. The molecule has 132 valence electrons. The molecule has 1 aromatic carbocycles. The van der Waals surface area contributed by atoms with Crippen LogP contribution in [0.4, 0.5) is 0 Å². The van der Waals surface area contributed by atoms with Gasteiger partial charge in [0.05, 0.1) is 5.92 Å². The third-order valence-electron chi connectivity index (χ3n) is 4.22. The fraction of sp³-hybridized carbons (Fsp3) is 0.588. The van der Waals surface area contributed by atoms with Crippen molar-refractivity contribution in [3.63, 3.8) is 0 Å². The monoisotopic (exact) mass is 361 g/mol. The third kappa shape index (κ3) is 7.08. The predicted molar refractivity (Wildman–Crippen MR) is 100 cm³/mol. The highest BCUT2D eigenvalue weighted by Crippen LogP contribution is 2.10. The van der Waals surface area contributed by atoms with Crippen molar-refractivity contribution in [2.24, 2.45) is 5.92 Å². The van der Waals surface area contributed by atoms with E-state index >= 15 is 0 Å². The zero-order chi connectivity index (χ0) is 15.1. The van der Waals surface area contributed by atoms with Gasteiger partial charge in [-0.15, -0.1) is 24.8 Å². The average Bonchev–Trinajstić information content (AvgIpc) is 3.06. The van der Waals surface area contributed by atoms with Crippen molar-refractivity contribution in [1.29, 1.82) is 0 Å². The molecule has 23 heavy (non-hydrogen) atoms. The molecule has 1 aliphatic rings. The van der Waals surface area contributed by atoms with Crippen LogP contribution in [0.5, 0.6) is 0 Å². The number of amides is 1. The molecule has 2 rings (SSSR count). The van der Waals surface area contributed by atoms with Crippen molar-refractivity contribution >= 4 is 30.7 Å². The van der Waals surface area contributed by atoms with Gasteiger partial charge in [-0.2, -0.15) is 0 Å². The third-order valence-corrected chi connectivity index (χ3v) is 4.22. The summed E-state index contributed by atoms with van der Waals surface area (Å²) in [6.45, 7) is 9.91. The smallest absolute Gasteiger partial charge is 0.224 e. The molecular formula is C17H29Cl2N3O. The van der Waals surface area contributed by atoms with E-state index in [0.717, 1.165) is 44.7 Å². The molecule has 0 radical (unpaired) electrons. The van der Waals surface area contributed by atoms with Crippen molar-refractivity contribution in [2.45, 2.75) is 33.4 Å². The van der Waals surface area contributed by atoms with Gasteiger partial charge in [0, 0.05) is 19.6 Å². The van der Waals surface area contributed by atoms with E-state index in [1.54, 1.807) is 0 Å². The lowest BCUT2D eigenvalue weighted by Crippen LogP contribution is -2.31. The van der Waals surface area contributed by atoms with E-state index < -0.39 is 0 Å². The zero-order valence-corrected chi connectivity index (χ0v) is 15.6. The lowest BCUT2D eigenvalue weighted by molar-refractivity contribution is -0.124. The highest BCUT2D eigenvalue weighted by atomic mass is 35.5. The molecule has 1 amide bonds. The number of nitrogens with one attached hydrogen (secondary N) is 2. The van der Waals surface area contributed by atoms with E-state index in [2.05, 4.69) is 53.6 Å². The van der Waals surface area contributed by atoms with Gasteiger partial charge < -0.3 is 10.6 Å². The molecule has 0 bridgehead atoms. The van der Waals surface area contributed by atoms with Crippen molar-refractivity contribution in [2.75, 3.05) is 26.2 Å². The minimum atomic E-state index is 0. The van der Waals surface area contributed by atoms with Gasteiger partial charge in [0.15, 0.2) is 0 Å². The Morgan fingerprint density at radius 2 is 1.78 bits per heavy atom. The first-order valence-corrected chi connectivity index (χ1v) is 8.01. The molecule has 1 atom stereocenters. The summed E-state index contributed by atoms with van der Waals surface area (Å²) in [5.74, 6) is 0.319. The minimum Gasteiger partial charge on any atom is -0.352 e. The molecule has 1 unspecified atom stereocenters. The van der Waals surface area contributed by atoms with Crippen molar-refractivity contribution in [1.82, 2.24) is 15.5 Å². The molecule has 2 N–H and O–H groups in total. The first kappa shape index (κ1) is 22.2. The number of nitrogens with zero attached hydrogens (tertiary/aromatic N) is 1. The Bertz CT molecular complexity index is 444. The molecule has 0 spiro atoms. The summed E-state index contributed by atoms with van der Waals surface area (Å²) in [6.07, 6.45) is 0.953. The maximum absolute atomic E-state index is 12.0. The number of carbonyl (C=O) groups is 1. The Kier molecular flexibility index (Phi) is 11.3. The summed E-state index contributed by atoms with van der Waals surface area (Å²) in [4.78, 5) is 14.3. The maximum atomic E-state index is 12.0. The number of carbonyl (C=O) groups excluding carboxylic acids is 1. The van der Waals surface area contributed by atoms with Crippen LogP contribution in [-0.2, 0) is 17.9 Å². The largest absolute Gasteiger partial charge is 0.352 e. The Labute approximate surface area is 152 Å². The van der Waals surface area contributed by atoms with Crippen LogP contribution in [0.2, 0.25) is 0 Å². The van der Waals surface area contributed by atoms with E-state index in [0.29, 0.717) is 6.54 Å². The zero-order valence-electron chi connectivity index (χ0n) is 14.0. The fourth-order valence-electron chi connectivity index (χ4n) is 2.68. The summed E-state index contributed by atoms with van der Waals surface area (Å²) < 4.78 is 0. The summed E-state index contributed by atoms with van der Waals surface area (Å²) in [7, 11) is 0. The Hall–Kier alpha value is -0.810. The van der Waals surface area contributed by atoms with E-state index in [4.69, 9.17) is 0 Å². The molecule has 1 aromatic rings. The van der Waals surface area contributed by atoms with Gasteiger partial charge >= 0.3 is 0 Å². The van der Waals surface area contributed by atoms with E-state index in [1.807, 2.05) is 0 Å². The first-order valence-electron chi connectivity index (χ1n) is 8.01. The lowest BCUT2D eigenvalue weighted by Gasteiger charge is -2.18. The van der Waals surface area contributed by atoms with Crippen LogP contribution in [0.3, 0.4) is 0 Å². The Morgan fingerprint density at radius 1 is 1.17 bits per heavy atom. The molecule has 6 heteroatoms. The standard InChI is InChI=1S/C17H27N3O.2ClH/c1-3-20(4-2)13-15-7-5-14(6-8-15)11-19-17(21)16-9-10-18-12-16;;/h5-8,16,18H,3-4,9-13H2,1-2H3,(H,19,21);2*1H. The second-order valence-electron chi connectivity index (χ2n) is 5.69. The number of hydrogen-bond donors (Lipinski definition) is 2. The summed E-state index contributed by atoms with van der Waals surface area (Å²) in [6, 6.07) is 8.56. The van der Waals surface area contributed by atoms with Crippen LogP contribution in [0, 0.1) is 5.92 Å². The first-order chi connectivity index (χ1) is 10.2. The van der Waals surface area contributed by atoms with Gasteiger partial charge in [-0.05, 0) is 37.2 Å². The fourth-order valence-corrected chi connectivity index (χ4v) is 2.68. The second-order valence-corrected chi connectivity index (χ2v) is 5.69. The summed E-state index contributed by atoms with van der Waals surface area (Å²) in [5, 5.41) is 6.26. The topological polar surface area (TPSA) is 44.4 Å². The summed E-state index contributed by atoms with van der Waals surface area (Å²) in [5.41, 5.74) is 2.49. The molecule has 0 aliphatic carbocycles. The number of benzene rings is 1. The van der Waals surface area contributed by atoms with Crippen molar-refractivity contribution in [3.8, 4) is 0 Å². The van der Waals surface area contributed by atoms with Crippen LogP contribution < -0.4 is 10.6 Å². The molecule has 1 fully saturated rings. The molecule has 1 aliphatic heterocycles. The molecule has 4 nitrogen and oxygen atoms in total. The van der Waals surface area contributed by atoms with Crippen LogP contribution in [0.15, 0.2) is 24.3 Å². The quantitative estimate of drug-likeness (QED) is 0.784. The van der Waals surface area contributed by atoms with Gasteiger partial charge in [0.2, 0.25) is 5.91 Å². The minimum absolute atomic E-state index is 0. The van der Waals surface area contributed by atoms with Crippen LogP contribution in [-0.4, -0.2) is 37.0 Å². The maximum Gasteiger partial charge on any atom is 0.224 e. The molecule has 1 heterocycles. The number of rotatable bonds is 7. The van der Waals surface area contributed by atoms with E-state index in [1.165, 1.54) is 5.56 Å². The van der Waals surface area contributed by atoms with Gasteiger partial charge in [-0.3, -0.25) is 9.69 Å². The van der Waals surface area contributed by atoms with Crippen LogP contribution in [0.25, 0.3) is 0 Å². The highest BCUT2D eigenvalue weighted by molar-refractivity contribution is 5.85. The van der Waals surface area contributed by atoms with Crippen LogP contribution >= 0.6 is 24.8 Å².